The first-order chi connectivity index (χ1) is 6.74. The molecule has 0 aromatic heterocycles. The number of carbonyl (C=O) groups excluding carboxylic acids is 1. The van der Waals surface area contributed by atoms with E-state index in [9.17, 15) is 4.79 Å². The number of thioether (sulfide) groups is 1. The third kappa shape index (κ3) is 7.17. The summed E-state index contributed by atoms with van der Waals surface area (Å²) in [7, 11) is 1.38. The van der Waals surface area contributed by atoms with Gasteiger partial charge in [-0.2, -0.15) is 0 Å². The Morgan fingerprint density at radius 3 is 2.29 bits per heavy atom. The molecule has 0 radical (unpaired) electrons. The zero-order valence-electron chi connectivity index (χ0n) is 8.95. The Kier molecular flexibility index (Phi) is 9.13. The molecule has 14 heavy (non-hydrogen) atoms. The molecule has 0 unspecified atom stereocenters. The summed E-state index contributed by atoms with van der Waals surface area (Å²) in [5, 5.41) is 0. The van der Waals surface area contributed by atoms with Crippen molar-refractivity contribution in [2.45, 2.75) is 20.1 Å². The highest BCUT2D eigenvalue weighted by Crippen LogP contribution is 2.07. The average molecular weight is 222 g/mol. The summed E-state index contributed by atoms with van der Waals surface area (Å²) >= 11 is 1.45. The van der Waals surface area contributed by atoms with Crippen LogP contribution in [0.15, 0.2) is 0 Å². The van der Waals surface area contributed by atoms with E-state index in [1.165, 1.54) is 18.9 Å². The minimum absolute atomic E-state index is 0.221. The van der Waals surface area contributed by atoms with Crippen LogP contribution in [0, 0.1) is 0 Å². The molecule has 0 aromatic carbocycles. The normalized spacial score (nSPS) is 10.6. The lowest BCUT2D eigenvalue weighted by Crippen LogP contribution is -2.21. The van der Waals surface area contributed by atoms with Crippen LogP contribution in [-0.2, 0) is 19.0 Å². The van der Waals surface area contributed by atoms with Gasteiger partial charge in [-0.15, -0.1) is 11.8 Å². The van der Waals surface area contributed by atoms with Crippen LogP contribution in [0.4, 0.5) is 0 Å². The van der Waals surface area contributed by atoms with E-state index in [0.29, 0.717) is 24.7 Å². The van der Waals surface area contributed by atoms with Crippen LogP contribution in [0.1, 0.15) is 13.8 Å². The van der Waals surface area contributed by atoms with E-state index in [1.807, 2.05) is 13.8 Å². The zero-order valence-corrected chi connectivity index (χ0v) is 9.76. The summed E-state index contributed by atoms with van der Waals surface area (Å²) in [5.41, 5.74) is 0. The maximum atomic E-state index is 10.8. The van der Waals surface area contributed by atoms with Crippen molar-refractivity contribution in [1.82, 2.24) is 0 Å². The number of esters is 1. The van der Waals surface area contributed by atoms with Crippen LogP contribution >= 0.6 is 11.8 Å². The molecule has 0 aliphatic heterocycles. The maximum absolute atomic E-state index is 10.8. The summed E-state index contributed by atoms with van der Waals surface area (Å²) in [6.45, 7) is 5.06. The van der Waals surface area contributed by atoms with E-state index in [0.717, 1.165) is 0 Å². The van der Waals surface area contributed by atoms with Crippen LogP contribution in [0.2, 0.25) is 0 Å². The third-order valence-electron chi connectivity index (χ3n) is 1.41. The number of hydrogen-bond acceptors (Lipinski definition) is 5. The molecule has 0 bridgehead atoms. The molecule has 0 saturated carbocycles. The van der Waals surface area contributed by atoms with Gasteiger partial charge in [-0.3, -0.25) is 4.79 Å². The van der Waals surface area contributed by atoms with E-state index >= 15 is 0 Å². The Morgan fingerprint density at radius 2 is 1.86 bits per heavy atom. The van der Waals surface area contributed by atoms with Crippen LogP contribution in [0.25, 0.3) is 0 Å². The second kappa shape index (κ2) is 9.30. The topological polar surface area (TPSA) is 44.8 Å². The highest BCUT2D eigenvalue weighted by Gasteiger charge is 2.09. The van der Waals surface area contributed by atoms with Gasteiger partial charge in [0.2, 0.25) is 0 Å². The molecule has 0 amide bonds. The van der Waals surface area contributed by atoms with Crippen LogP contribution < -0.4 is 0 Å². The Labute approximate surface area is 89.3 Å². The summed E-state index contributed by atoms with van der Waals surface area (Å²) < 4.78 is 15.1. The summed E-state index contributed by atoms with van der Waals surface area (Å²) in [6, 6.07) is 0. The van der Waals surface area contributed by atoms with Gasteiger partial charge in [0.25, 0.3) is 0 Å². The van der Waals surface area contributed by atoms with E-state index in [2.05, 4.69) is 4.74 Å². The Hall–Kier alpha value is -0.260. The van der Waals surface area contributed by atoms with Crippen molar-refractivity contribution in [2.75, 3.05) is 31.8 Å². The quantitative estimate of drug-likeness (QED) is 0.457. The lowest BCUT2D eigenvalue weighted by Gasteiger charge is -2.15. The summed E-state index contributed by atoms with van der Waals surface area (Å²) in [4.78, 5) is 10.8. The standard InChI is InChI=1S/C9H18O4S/c1-4-12-9(13-5-2)7-14-6-8(10)11-3/h9H,4-7H2,1-3H3. The van der Waals surface area contributed by atoms with Crippen molar-refractivity contribution in [3.8, 4) is 0 Å². The van der Waals surface area contributed by atoms with Gasteiger partial charge in [0.15, 0.2) is 6.29 Å². The molecule has 84 valence electrons. The summed E-state index contributed by atoms with van der Waals surface area (Å²) in [6.07, 6.45) is -0.223. The molecule has 4 nitrogen and oxygen atoms in total. The zero-order chi connectivity index (χ0) is 10.8. The van der Waals surface area contributed by atoms with Crippen LogP contribution in [0.3, 0.4) is 0 Å². The van der Waals surface area contributed by atoms with Gasteiger partial charge in [0, 0.05) is 19.0 Å². The van der Waals surface area contributed by atoms with Gasteiger partial charge in [-0.1, -0.05) is 0 Å². The molecule has 0 saturated heterocycles. The Bertz CT molecular complexity index is 146. The molecule has 0 spiro atoms. The summed E-state index contributed by atoms with van der Waals surface area (Å²) in [5.74, 6) is 0.769. The molecule has 0 fully saturated rings. The average Bonchev–Trinajstić information content (AvgIpc) is 2.18. The highest BCUT2D eigenvalue weighted by molar-refractivity contribution is 7.99. The van der Waals surface area contributed by atoms with Gasteiger partial charge in [-0.25, -0.2) is 0 Å². The fourth-order valence-electron chi connectivity index (χ4n) is 0.814. The van der Waals surface area contributed by atoms with E-state index < -0.39 is 0 Å². The molecule has 0 rings (SSSR count). The van der Waals surface area contributed by atoms with Crippen LogP contribution in [0.5, 0.6) is 0 Å². The monoisotopic (exact) mass is 222 g/mol. The first kappa shape index (κ1) is 13.7. The van der Waals surface area contributed by atoms with Crippen molar-refractivity contribution in [1.29, 1.82) is 0 Å². The molecule has 0 atom stereocenters. The maximum Gasteiger partial charge on any atom is 0.315 e. The number of rotatable bonds is 8. The largest absolute Gasteiger partial charge is 0.468 e. The van der Waals surface area contributed by atoms with Crippen molar-refractivity contribution in [2.24, 2.45) is 0 Å². The van der Waals surface area contributed by atoms with Gasteiger partial charge >= 0.3 is 5.97 Å². The molecule has 0 aliphatic rings. The van der Waals surface area contributed by atoms with E-state index in [-0.39, 0.29) is 12.3 Å². The van der Waals surface area contributed by atoms with Crippen molar-refractivity contribution in [3.63, 3.8) is 0 Å². The second-order valence-electron chi connectivity index (χ2n) is 2.43. The van der Waals surface area contributed by atoms with Gasteiger partial charge in [-0.05, 0) is 13.8 Å². The minimum Gasteiger partial charge on any atom is -0.468 e. The van der Waals surface area contributed by atoms with Gasteiger partial charge in [0.05, 0.1) is 12.9 Å². The molecule has 0 aliphatic carbocycles. The molecule has 0 N–H and O–H groups in total. The van der Waals surface area contributed by atoms with Gasteiger partial charge in [0.1, 0.15) is 0 Å². The highest BCUT2D eigenvalue weighted by atomic mass is 32.2. The molecular formula is C9H18O4S. The molecule has 0 heterocycles. The second-order valence-corrected chi connectivity index (χ2v) is 3.46. The number of hydrogen-bond donors (Lipinski definition) is 0. The first-order valence-electron chi connectivity index (χ1n) is 4.62. The predicted octanol–water partition coefficient (Wildman–Crippen LogP) is 1.29. The minimum atomic E-state index is -0.223. The Balaban J connectivity index is 3.54. The first-order valence-corrected chi connectivity index (χ1v) is 5.77. The number of methoxy groups -OCH3 is 1. The van der Waals surface area contributed by atoms with Crippen LogP contribution in [-0.4, -0.2) is 44.1 Å². The lowest BCUT2D eigenvalue weighted by atomic mass is 10.7. The molecular weight excluding hydrogens is 204 g/mol. The fraction of sp³-hybridized carbons (Fsp3) is 0.889. The number of carbonyl (C=O) groups is 1. The lowest BCUT2D eigenvalue weighted by molar-refractivity contribution is -0.137. The van der Waals surface area contributed by atoms with E-state index in [1.54, 1.807) is 0 Å². The fourth-order valence-corrected chi connectivity index (χ4v) is 1.60. The van der Waals surface area contributed by atoms with Crippen molar-refractivity contribution < 1.29 is 19.0 Å². The number of ether oxygens (including phenoxy) is 3. The third-order valence-corrected chi connectivity index (χ3v) is 2.35. The molecule has 5 heteroatoms. The molecule has 0 aromatic rings. The Morgan fingerprint density at radius 1 is 1.29 bits per heavy atom. The smallest absolute Gasteiger partial charge is 0.315 e. The SMILES string of the molecule is CCOC(CSCC(=O)OC)OCC. The predicted molar refractivity (Wildman–Crippen MR) is 56.4 cm³/mol. The van der Waals surface area contributed by atoms with Gasteiger partial charge < -0.3 is 14.2 Å². The van der Waals surface area contributed by atoms with Crippen molar-refractivity contribution in [3.05, 3.63) is 0 Å². The van der Waals surface area contributed by atoms with Crippen molar-refractivity contribution >= 4 is 17.7 Å². The van der Waals surface area contributed by atoms with E-state index in [4.69, 9.17) is 9.47 Å².